The van der Waals surface area contributed by atoms with Crippen LogP contribution in [0.2, 0.25) is 39.3 Å². The Labute approximate surface area is 215 Å². The molecule has 0 radical (unpaired) electrons. The Bertz CT molecular complexity index is 788. The second-order valence-corrected chi connectivity index (χ2v) is 21.3. The maximum Gasteiger partial charge on any atom is 0.340 e. The summed E-state index contributed by atoms with van der Waals surface area (Å²) in [7, 11) is -4.05. The Morgan fingerprint density at radius 1 is 1.03 bits per heavy atom. The van der Waals surface area contributed by atoms with Crippen molar-refractivity contribution in [2.45, 2.75) is 111 Å². The molecule has 2 saturated heterocycles. The van der Waals surface area contributed by atoms with Gasteiger partial charge in [-0.15, -0.1) is 0 Å². The van der Waals surface area contributed by atoms with E-state index in [1.54, 1.807) is 13.0 Å². The van der Waals surface area contributed by atoms with Crippen LogP contribution in [-0.4, -0.2) is 77.0 Å². The fraction of sp³-hybridized carbons (Fsp3) is 0.846. The van der Waals surface area contributed by atoms with Gasteiger partial charge in [-0.3, -0.25) is 4.90 Å². The molecule has 0 saturated carbocycles. The average molecular weight is 528 g/mol. The molecule has 7 nitrogen and oxygen atoms in total. The predicted octanol–water partition coefficient (Wildman–Crippen LogP) is 4.99. The van der Waals surface area contributed by atoms with Crippen LogP contribution in [0.1, 0.15) is 47.5 Å². The minimum Gasteiger partial charge on any atom is -0.463 e. The van der Waals surface area contributed by atoms with Crippen LogP contribution in [-0.2, 0) is 27.9 Å². The van der Waals surface area contributed by atoms with Gasteiger partial charge in [0.2, 0.25) is 0 Å². The molecule has 2 fully saturated rings. The Kier molecular flexibility index (Phi) is 10.0. The quantitative estimate of drug-likeness (QED) is 0.213. The van der Waals surface area contributed by atoms with Gasteiger partial charge in [0.15, 0.2) is 22.2 Å². The number of ether oxygens (including phenoxy) is 2. The summed E-state index contributed by atoms with van der Waals surface area (Å²) in [4.78, 5) is 28.6. The van der Waals surface area contributed by atoms with Gasteiger partial charge in [-0.05, 0) is 85.4 Å². The van der Waals surface area contributed by atoms with Crippen LogP contribution < -0.4 is 0 Å². The van der Waals surface area contributed by atoms with E-state index in [0.717, 1.165) is 25.9 Å². The molecule has 202 valence electrons. The molecule has 0 aromatic carbocycles. The number of hydrogen-bond acceptors (Lipinski definition) is 7. The van der Waals surface area contributed by atoms with E-state index in [9.17, 15) is 9.59 Å². The first-order valence-corrected chi connectivity index (χ1v) is 20.0. The van der Waals surface area contributed by atoms with E-state index in [1.807, 2.05) is 27.7 Å². The molecule has 0 aliphatic carbocycles. The first-order chi connectivity index (χ1) is 16.0. The third-order valence-corrected chi connectivity index (χ3v) is 9.01. The molecular formula is C26H49NO6Si2. The van der Waals surface area contributed by atoms with E-state index in [1.165, 1.54) is 0 Å². The lowest BCUT2D eigenvalue weighted by atomic mass is 9.85. The maximum atomic E-state index is 13.9. The van der Waals surface area contributed by atoms with Crippen LogP contribution >= 0.6 is 0 Å². The van der Waals surface area contributed by atoms with Gasteiger partial charge in [0, 0.05) is 18.0 Å². The number of rotatable bonds is 11. The van der Waals surface area contributed by atoms with Gasteiger partial charge in [-0.2, -0.15) is 0 Å². The zero-order valence-corrected chi connectivity index (χ0v) is 25.9. The normalized spacial score (nSPS) is 26.4. The number of esters is 2. The molecule has 5 atom stereocenters. The Hall–Kier alpha value is -1.01. The van der Waals surface area contributed by atoms with Gasteiger partial charge < -0.3 is 18.3 Å². The molecule has 0 aromatic rings. The molecule has 0 amide bonds. The van der Waals surface area contributed by atoms with Crippen molar-refractivity contribution in [3.05, 3.63) is 11.6 Å². The molecule has 2 rings (SSSR count). The van der Waals surface area contributed by atoms with Gasteiger partial charge >= 0.3 is 11.9 Å². The van der Waals surface area contributed by atoms with Gasteiger partial charge in [0.05, 0.1) is 18.8 Å². The van der Waals surface area contributed by atoms with Crippen LogP contribution in [0.15, 0.2) is 11.6 Å². The SMILES string of the molecule is C/C=C(/C)C(=O)O[C@H]1CCN2CC[C@H](COC(=O)[C@](O[Si](C)(C)C)(C(C)C)[C@H](C)O[Si](C)(C)C)[C@H]12. The van der Waals surface area contributed by atoms with Crippen molar-refractivity contribution in [3.8, 4) is 0 Å². The summed E-state index contributed by atoms with van der Waals surface area (Å²) in [5.74, 6) is -0.593. The molecule has 35 heavy (non-hydrogen) atoms. The van der Waals surface area contributed by atoms with Crippen molar-refractivity contribution in [1.82, 2.24) is 4.90 Å². The minimum atomic E-state index is -2.12. The molecular weight excluding hydrogens is 478 g/mol. The van der Waals surface area contributed by atoms with E-state index >= 15 is 0 Å². The largest absolute Gasteiger partial charge is 0.463 e. The number of carbonyl (C=O) groups is 2. The lowest BCUT2D eigenvalue weighted by molar-refractivity contribution is -0.181. The molecule has 0 unspecified atom stereocenters. The third-order valence-electron chi connectivity index (χ3n) is 7.00. The van der Waals surface area contributed by atoms with Gasteiger partial charge in [0.1, 0.15) is 6.10 Å². The van der Waals surface area contributed by atoms with Gasteiger partial charge in [-0.1, -0.05) is 19.9 Å². The zero-order valence-electron chi connectivity index (χ0n) is 23.9. The van der Waals surface area contributed by atoms with Crippen molar-refractivity contribution in [2.75, 3.05) is 19.7 Å². The standard InChI is InChI=1S/C26H49NO6Si2/c1-12-19(4)24(28)31-22-14-16-27-15-13-21(23(22)27)17-30-25(29)26(18(2)3,33-35(9,10)11)20(5)32-34(6,7)8/h12,18,20-23H,13-17H2,1-11H3/b19-12-/t20-,21+,22-,23+,26-/m0/s1. The summed E-state index contributed by atoms with van der Waals surface area (Å²) in [6.45, 7) is 24.4. The first kappa shape index (κ1) is 30.2. The van der Waals surface area contributed by atoms with Crippen molar-refractivity contribution in [2.24, 2.45) is 11.8 Å². The van der Waals surface area contributed by atoms with E-state index in [0.29, 0.717) is 12.2 Å². The van der Waals surface area contributed by atoms with E-state index in [2.05, 4.69) is 44.2 Å². The molecule has 0 aromatic heterocycles. The lowest BCUT2D eigenvalue weighted by Crippen LogP contribution is -2.62. The summed E-state index contributed by atoms with van der Waals surface area (Å²) in [6, 6.07) is 0.0819. The second kappa shape index (κ2) is 11.6. The number of fused-ring (bicyclic) bond motifs is 1. The smallest absolute Gasteiger partial charge is 0.340 e. The molecule has 2 heterocycles. The van der Waals surface area contributed by atoms with Crippen LogP contribution in [0, 0.1) is 11.8 Å². The molecule has 0 bridgehead atoms. The van der Waals surface area contributed by atoms with Crippen molar-refractivity contribution >= 4 is 28.6 Å². The van der Waals surface area contributed by atoms with Crippen LogP contribution in [0.25, 0.3) is 0 Å². The van der Waals surface area contributed by atoms with Gasteiger partial charge in [-0.25, -0.2) is 9.59 Å². The fourth-order valence-corrected chi connectivity index (χ4v) is 8.14. The fourth-order valence-electron chi connectivity index (χ4n) is 5.41. The molecule has 2 aliphatic heterocycles. The maximum absolute atomic E-state index is 13.9. The molecule has 2 aliphatic rings. The van der Waals surface area contributed by atoms with Crippen molar-refractivity contribution < 1.29 is 27.9 Å². The molecule has 0 spiro atoms. The summed E-state index contributed by atoms with van der Waals surface area (Å²) >= 11 is 0. The highest BCUT2D eigenvalue weighted by molar-refractivity contribution is 6.70. The van der Waals surface area contributed by atoms with Crippen LogP contribution in [0.3, 0.4) is 0 Å². The summed E-state index contributed by atoms with van der Waals surface area (Å²) < 4.78 is 25.0. The highest BCUT2D eigenvalue weighted by Crippen LogP contribution is 2.38. The molecule has 0 N–H and O–H groups in total. The Morgan fingerprint density at radius 3 is 2.14 bits per heavy atom. The van der Waals surface area contributed by atoms with Gasteiger partial charge in [0.25, 0.3) is 0 Å². The van der Waals surface area contributed by atoms with E-state index in [4.69, 9.17) is 18.3 Å². The minimum absolute atomic E-state index is 0.0819. The number of hydrogen-bond donors (Lipinski definition) is 0. The molecule has 9 heteroatoms. The zero-order chi connectivity index (χ0) is 26.8. The first-order valence-electron chi connectivity index (χ1n) is 13.1. The number of nitrogens with zero attached hydrogens (tertiary/aromatic N) is 1. The number of carbonyl (C=O) groups excluding carboxylic acids is 2. The van der Waals surface area contributed by atoms with Crippen molar-refractivity contribution in [1.29, 1.82) is 0 Å². The van der Waals surface area contributed by atoms with Crippen molar-refractivity contribution in [3.63, 3.8) is 0 Å². The summed E-state index contributed by atoms with van der Waals surface area (Å²) in [5.41, 5.74) is -0.542. The Morgan fingerprint density at radius 2 is 1.63 bits per heavy atom. The monoisotopic (exact) mass is 527 g/mol. The predicted molar refractivity (Wildman–Crippen MR) is 144 cm³/mol. The highest BCUT2D eigenvalue weighted by atomic mass is 28.4. The summed E-state index contributed by atoms with van der Waals surface area (Å²) in [6.07, 6.45) is 2.91. The summed E-state index contributed by atoms with van der Waals surface area (Å²) in [5, 5.41) is 0. The number of allylic oxidation sites excluding steroid dienone is 1. The third kappa shape index (κ3) is 7.50. The van der Waals surface area contributed by atoms with E-state index in [-0.39, 0.29) is 35.9 Å². The lowest BCUT2D eigenvalue weighted by Gasteiger charge is -2.45. The highest BCUT2D eigenvalue weighted by Gasteiger charge is 2.54. The average Bonchev–Trinajstić information content (AvgIpc) is 3.30. The van der Waals surface area contributed by atoms with E-state index < -0.39 is 28.3 Å². The van der Waals surface area contributed by atoms with Crippen LogP contribution in [0.4, 0.5) is 0 Å². The second-order valence-electron chi connectivity index (χ2n) is 12.4. The topological polar surface area (TPSA) is 74.3 Å². The Balaban J connectivity index is 2.21. The van der Waals surface area contributed by atoms with Crippen LogP contribution in [0.5, 0.6) is 0 Å².